The van der Waals surface area contributed by atoms with E-state index in [-0.39, 0.29) is 54.5 Å². The first kappa shape index (κ1) is 44.4. The van der Waals surface area contributed by atoms with E-state index >= 15 is 0 Å². The number of hydrogen-bond donors (Lipinski definition) is 6. The van der Waals surface area contributed by atoms with Gasteiger partial charge in [-0.1, -0.05) is 86.6 Å². The van der Waals surface area contributed by atoms with E-state index in [1.165, 1.54) is 36.4 Å². The summed E-state index contributed by atoms with van der Waals surface area (Å²) in [5.74, 6) is -2.51. The normalized spacial score (nSPS) is 12.1. The average Bonchev–Trinajstić information content (AvgIpc) is 3.22. The molecule has 5 aromatic rings. The fraction of sp³-hybridized carbons (Fsp3) is 0.217. The molecule has 60 heavy (non-hydrogen) atoms. The number of hydrogen-bond acceptors (Lipinski definition) is 7. The number of nitrogens with two attached hydrogens (primary N) is 1. The van der Waals surface area contributed by atoms with Crippen molar-refractivity contribution in [2.24, 2.45) is 11.7 Å². The average molecular weight is 828 g/mol. The van der Waals surface area contributed by atoms with Crippen LogP contribution in [0.25, 0.3) is 11.1 Å². The Hall–Kier alpha value is -6.71. The number of nitrogens with zero attached hydrogens (tertiary/aromatic N) is 1. The second-order valence-corrected chi connectivity index (χ2v) is 16.5. The Morgan fingerprint density at radius 1 is 0.717 bits per heavy atom. The first-order valence-electron chi connectivity index (χ1n) is 19.2. The lowest BCUT2D eigenvalue weighted by Crippen LogP contribution is -2.53. The molecule has 0 spiro atoms. The van der Waals surface area contributed by atoms with E-state index in [0.29, 0.717) is 38.9 Å². The van der Waals surface area contributed by atoms with Crippen molar-refractivity contribution in [2.45, 2.75) is 57.9 Å². The zero-order chi connectivity index (χ0) is 43.4. The van der Waals surface area contributed by atoms with Gasteiger partial charge < -0.3 is 31.5 Å². The van der Waals surface area contributed by atoms with Crippen LogP contribution in [0.3, 0.4) is 0 Å². The Morgan fingerprint density at radius 2 is 1.33 bits per heavy atom. The number of benzene rings is 5. The highest BCUT2D eigenvalue weighted by atomic mass is 31.2. The first-order chi connectivity index (χ1) is 28.6. The number of amides is 4. The van der Waals surface area contributed by atoms with Gasteiger partial charge in [-0.3, -0.25) is 28.5 Å². The van der Waals surface area contributed by atoms with Gasteiger partial charge in [0.1, 0.15) is 6.04 Å². The van der Waals surface area contributed by atoms with Crippen molar-refractivity contribution >= 4 is 37.0 Å². The van der Waals surface area contributed by atoms with E-state index in [1.54, 1.807) is 54.6 Å². The van der Waals surface area contributed by atoms with Crippen LogP contribution < -0.4 is 21.7 Å². The fourth-order valence-corrected chi connectivity index (χ4v) is 7.25. The molecule has 4 amide bonds. The van der Waals surface area contributed by atoms with Crippen molar-refractivity contribution < 1.29 is 38.3 Å². The van der Waals surface area contributed by atoms with E-state index in [0.717, 1.165) is 5.56 Å². The van der Waals surface area contributed by atoms with E-state index in [9.17, 15) is 43.6 Å². The van der Waals surface area contributed by atoms with Crippen LogP contribution in [0.5, 0.6) is 0 Å². The number of carbonyl (C=O) groups excluding carboxylic acids is 5. The van der Waals surface area contributed by atoms with E-state index in [4.69, 9.17) is 5.73 Å². The Labute approximate surface area is 348 Å². The molecule has 0 aliphatic heterocycles. The van der Waals surface area contributed by atoms with Gasteiger partial charge in [-0.15, -0.1) is 0 Å². The minimum Gasteiger partial charge on any atom is -0.366 e. The van der Waals surface area contributed by atoms with E-state index in [1.807, 2.05) is 50.2 Å². The van der Waals surface area contributed by atoms with Gasteiger partial charge in [0.2, 0.25) is 11.8 Å². The van der Waals surface area contributed by atoms with Crippen LogP contribution in [0.2, 0.25) is 0 Å². The summed E-state index contributed by atoms with van der Waals surface area (Å²) >= 11 is 0. The van der Waals surface area contributed by atoms with Crippen LogP contribution in [0.4, 0.5) is 0 Å². The fourth-order valence-electron chi connectivity index (χ4n) is 6.57. The number of Topliss-reactive ketones (excluding diaryl/α,β-unsaturated/α-hetero) is 1. The van der Waals surface area contributed by atoms with E-state index < -0.39 is 43.6 Å². The lowest BCUT2D eigenvalue weighted by Gasteiger charge is -2.24. The molecular formula is C46H46N5O8P. The molecule has 0 heterocycles. The summed E-state index contributed by atoms with van der Waals surface area (Å²) in [4.78, 5) is 85.8. The second kappa shape index (κ2) is 20.3. The zero-order valence-electron chi connectivity index (χ0n) is 33.1. The van der Waals surface area contributed by atoms with Gasteiger partial charge in [-0.05, 0) is 94.3 Å². The van der Waals surface area contributed by atoms with Gasteiger partial charge in [0.25, 0.3) is 11.8 Å². The molecule has 2 atom stereocenters. The number of ketones is 1. The van der Waals surface area contributed by atoms with E-state index in [2.05, 4.69) is 16.0 Å². The summed E-state index contributed by atoms with van der Waals surface area (Å²) in [7, 11) is -4.32. The molecule has 0 fully saturated rings. The van der Waals surface area contributed by atoms with Crippen LogP contribution in [-0.4, -0.2) is 51.3 Å². The highest BCUT2D eigenvalue weighted by Gasteiger charge is 2.29. The molecule has 13 nitrogen and oxygen atoms in total. The second-order valence-electron chi connectivity index (χ2n) is 14.9. The third kappa shape index (κ3) is 12.9. The maximum absolute atomic E-state index is 14.1. The van der Waals surface area contributed by atoms with Crippen LogP contribution in [0.1, 0.15) is 79.2 Å². The maximum Gasteiger partial charge on any atom is 0.329 e. The van der Waals surface area contributed by atoms with Crippen LogP contribution in [0, 0.1) is 17.2 Å². The number of rotatable bonds is 18. The molecule has 7 N–H and O–H groups in total. The van der Waals surface area contributed by atoms with Crippen LogP contribution in [0.15, 0.2) is 121 Å². The van der Waals surface area contributed by atoms with Gasteiger partial charge in [0.15, 0.2) is 5.78 Å². The molecule has 0 saturated carbocycles. The molecular weight excluding hydrogens is 782 g/mol. The maximum atomic E-state index is 14.1. The number of nitrogens with one attached hydrogen (secondary N) is 3. The predicted molar refractivity (Wildman–Crippen MR) is 226 cm³/mol. The monoisotopic (exact) mass is 827 g/mol. The SMILES string of the molecule is CC(C)C[C@H](NC(=O)[C@H](Cc1ccc(CP(=O)(O)O)cc1)NC(=O)c1ccc(C#N)cc1)C(=O)Cc1ccc(C(=O)NCc2ccccc2)c(-c2ccc(C(N)=O)cc2)c1. The standard InChI is InChI=1S/C46H46N5O8P/c1-29(2)22-40(50-46(56)41(51-44(54)37-15-12-31(26-47)13-16-37)24-30-8-10-33(11-9-30)28-60(57,58)59)42(52)25-34-14-21-38(45(55)49-27-32-6-4-3-5-7-32)39(23-34)35-17-19-36(20-18-35)43(48)53/h3-21,23,29,40-41H,22,24-25,27-28H2,1-2H3,(H2,48,53)(H,49,55)(H,50,56)(H,51,54)(H2,57,58,59)/t40-,41-/m0/s1. The third-order valence-electron chi connectivity index (χ3n) is 9.64. The largest absolute Gasteiger partial charge is 0.366 e. The van der Waals surface area contributed by atoms with Crippen molar-refractivity contribution in [2.75, 3.05) is 0 Å². The molecule has 0 aliphatic rings. The first-order valence-corrected chi connectivity index (χ1v) is 21.0. The Bertz CT molecular complexity index is 2420. The van der Waals surface area contributed by atoms with Crippen molar-refractivity contribution in [1.82, 2.24) is 16.0 Å². The molecule has 0 aromatic heterocycles. The summed E-state index contributed by atoms with van der Waals surface area (Å²) in [6.07, 6.45) is -0.310. The Kier molecular flexibility index (Phi) is 15.0. The van der Waals surface area contributed by atoms with Gasteiger partial charge in [-0.2, -0.15) is 5.26 Å². The molecule has 0 bridgehead atoms. The predicted octanol–water partition coefficient (Wildman–Crippen LogP) is 5.62. The summed E-state index contributed by atoms with van der Waals surface area (Å²) in [6.45, 7) is 4.10. The van der Waals surface area contributed by atoms with Crippen LogP contribution in [-0.2, 0) is 39.7 Å². The van der Waals surface area contributed by atoms with Gasteiger partial charge in [0, 0.05) is 36.1 Å². The molecule has 5 rings (SSSR count). The van der Waals surface area contributed by atoms with Crippen molar-refractivity contribution in [3.8, 4) is 17.2 Å². The number of nitriles is 1. The quantitative estimate of drug-likeness (QED) is 0.0602. The smallest absolute Gasteiger partial charge is 0.329 e. The highest BCUT2D eigenvalue weighted by molar-refractivity contribution is 7.50. The summed E-state index contributed by atoms with van der Waals surface area (Å²) in [5.41, 5.74) is 10.2. The molecule has 5 aromatic carbocycles. The molecule has 308 valence electrons. The molecule has 0 unspecified atom stereocenters. The van der Waals surface area contributed by atoms with Crippen molar-refractivity contribution in [3.63, 3.8) is 0 Å². The lowest BCUT2D eigenvalue weighted by molar-refractivity contribution is -0.129. The topological polar surface area (TPSA) is 229 Å². The summed E-state index contributed by atoms with van der Waals surface area (Å²) in [6, 6.07) is 33.0. The minimum absolute atomic E-state index is 0.0155. The number of primary amides is 1. The van der Waals surface area contributed by atoms with Crippen molar-refractivity contribution in [1.29, 1.82) is 5.26 Å². The molecule has 14 heteroatoms. The third-order valence-corrected chi connectivity index (χ3v) is 10.4. The van der Waals surface area contributed by atoms with Gasteiger partial charge in [0.05, 0.1) is 23.8 Å². The summed E-state index contributed by atoms with van der Waals surface area (Å²) in [5, 5.41) is 17.8. The minimum atomic E-state index is -4.32. The highest BCUT2D eigenvalue weighted by Crippen LogP contribution is 2.39. The molecule has 0 saturated heterocycles. The molecule has 0 aliphatic carbocycles. The Morgan fingerprint density at radius 3 is 1.93 bits per heavy atom. The molecule has 0 radical (unpaired) electrons. The van der Waals surface area contributed by atoms with Gasteiger partial charge >= 0.3 is 7.60 Å². The number of carbonyl (C=O) groups is 5. The Balaban J connectivity index is 1.40. The van der Waals surface area contributed by atoms with Gasteiger partial charge in [-0.25, -0.2) is 0 Å². The summed E-state index contributed by atoms with van der Waals surface area (Å²) < 4.78 is 11.5. The van der Waals surface area contributed by atoms with Crippen LogP contribution >= 0.6 is 7.60 Å². The zero-order valence-corrected chi connectivity index (χ0v) is 34.0. The van der Waals surface area contributed by atoms with Crippen molar-refractivity contribution in [3.05, 3.63) is 166 Å². The lowest BCUT2D eigenvalue weighted by atomic mass is 9.91.